The normalized spacial score (nSPS) is 19.4. The Kier molecular flexibility index (Phi) is 10.7. The largest absolute Gasteiger partial charge is 1.00 e. The predicted octanol–water partition coefficient (Wildman–Crippen LogP) is -1.28. The van der Waals surface area contributed by atoms with Crippen molar-refractivity contribution in [2.24, 2.45) is 0 Å². The second-order valence-corrected chi connectivity index (χ2v) is 11.9. The number of hydrogen-bond donors (Lipinski definition) is 0. The Bertz CT molecular complexity index is 439. The van der Waals surface area contributed by atoms with E-state index in [9.17, 15) is 0 Å². The van der Waals surface area contributed by atoms with Gasteiger partial charge in [0.05, 0.1) is 0 Å². The van der Waals surface area contributed by atoms with Gasteiger partial charge in [-0.15, -0.1) is 0 Å². The molecule has 0 aromatic heterocycles. The molecule has 0 spiro atoms. The Morgan fingerprint density at radius 3 is 1.33 bits per heavy atom. The molecule has 1 saturated heterocycles. The van der Waals surface area contributed by atoms with Gasteiger partial charge in [0, 0.05) is 9.52 Å². The van der Waals surface area contributed by atoms with E-state index in [-0.39, 0.29) is 24.8 Å². The van der Waals surface area contributed by atoms with Crippen LogP contribution in [0.3, 0.4) is 0 Å². The Morgan fingerprint density at radius 2 is 1.14 bits per heavy atom. The summed E-state index contributed by atoms with van der Waals surface area (Å²) in [5, 5.41) is 0. The first-order valence-electron chi connectivity index (χ1n) is 7.57. The van der Waals surface area contributed by atoms with Gasteiger partial charge < -0.3 is 24.8 Å². The van der Waals surface area contributed by atoms with Crippen LogP contribution in [0.5, 0.6) is 0 Å². The van der Waals surface area contributed by atoms with E-state index < -0.39 is 23.2 Å². The van der Waals surface area contributed by atoms with Crippen LogP contribution in [0.1, 0.15) is 47.0 Å². The van der Waals surface area contributed by atoms with Crippen LogP contribution in [0.25, 0.3) is 0 Å². The summed E-state index contributed by atoms with van der Waals surface area (Å²) >= 11 is -0.438. The van der Waals surface area contributed by atoms with Crippen molar-refractivity contribution in [1.82, 2.24) is 0 Å². The van der Waals surface area contributed by atoms with Crippen molar-refractivity contribution < 1.29 is 48.0 Å². The molecule has 0 bridgehead atoms. The number of rotatable bonds is 2. The van der Waals surface area contributed by atoms with Crippen LogP contribution >= 0.6 is 0 Å². The minimum Gasteiger partial charge on any atom is -1.00 e. The minimum atomic E-state index is -0.438. The van der Waals surface area contributed by atoms with E-state index in [1.54, 1.807) is 47.4 Å². The third-order valence-electron chi connectivity index (χ3n) is 4.09. The van der Waals surface area contributed by atoms with Crippen molar-refractivity contribution in [3.63, 3.8) is 0 Å². The maximum atomic E-state index is 2.38. The van der Waals surface area contributed by atoms with Gasteiger partial charge in [0.1, 0.15) is 0 Å². The van der Waals surface area contributed by atoms with E-state index in [2.05, 4.69) is 39.8 Å². The zero-order chi connectivity index (χ0) is 13.8. The first kappa shape index (κ1) is 21.6. The molecule has 0 aromatic rings. The molecule has 0 atom stereocenters. The molecule has 0 nitrogen and oxygen atoms in total. The van der Waals surface area contributed by atoms with Crippen molar-refractivity contribution in [3.8, 4) is 0 Å². The van der Waals surface area contributed by atoms with E-state index in [0.717, 1.165) is 0 Å². The zero-order valence-corrected chi connectivity index (χ0v) is 19.0. The van der Waals surface area contributed by atoms with E-state index in [1.807, 2.05) is 0 Å². The van der Waals surface area contributed by atoms with Crippen LogP contribution < -0.4 is 24.8 Å². The van der Waals surface area contributed by atoms with Gasteiger partial charge in [0.15, 0.2) is 0 Å². The van der Waals surface area contributed by atoms with E-state index >= 15 is 0 Å². The van der Waals surface area contributed by atoms with Crippen molar-refractivity contribution >= 4 is 9.52 Å². The molecule has 0 amide bonds. The SMILES string of the molecule is C1C[SiH2]C1.CC1=CC(C)=[C]([Zr+2][C]2=C(C)C=C(C)C2)C1.[Cl-].[Cl-]. The maximum absolute atomic E-state index is 2.38. The molecule has 116 valence electrons. The van der Waals surface area contributed by atoms with Gasteiger partial charge in [-0.25, -0.2) is 0 Å². The molecule has 3 aliphatic rings. The standard InChI is InChI=1S/2C7H9.C3H8Si.2ClH.Zr/c2*1-6-3-4-7(2)5-6;1-2-4-3-1;;;/h2*5H,3H2,1-2H3;1-4H2;2*1H;/q;;;;;+2/p-2. The number of halogens is 2. The Hall–Kier alpha value is 0.640. The number of hydrogen-bond acceptors (Lipinski definition) is 0. The van der Waals surface area contributed by atoms with Crippen molar-refractivity contribution in [1.29, 1.82) is 0 Å². The van der Waals surface area contributed by atoms with Gasteiger partial charge in [-0.05, 0) is 0 Å². The molecule has 0 unspecified atom stereocenters. The molecule has 2 aliphatic carbocycles. The molecule has 0 aromatic carbocycles. The average Bonchev–Trinajstić information content (AvgIpc) is 2.68. The third-order valence-corrected chi connectivity index (χ3v) is 10.4. The quantitative estimate of drug-likeness (QED) is 0.489. The van der Waals surface area contributed by atoms with E-state index in [1.165, 1.54) is 12.8 Å². The molecule has 1 aliphatic heterocycles. The topological polar surface area (TPSA) is 0 Å². The molecule has 4 heteroatoms. The molecular formula is C17H26Cl2SiZr. The van der Waals surface area contributed by atoms with Crippen molar-refractivity contribution in [2.75, 3.05) is 0 Å². The smallest absolute Gasteiger partial charge is 1.00 e. The van der Waals surface area contributed by atoms with Crippen LogP contribution in [0, 0.1) is 0 Å². The maximum Gasteiger partial charge on any atom is -1.00 e. The summed E-state index contributed by atoms with van der Waals surface area (Å²) in [5.41, 5.74) is 6.27. The zero-order valence-electron chi connectivity index (χ0n) is 13.7. The fourth-order valence-corrected chi connectivity index (χ4v) is 7.09. The average molecular weight is 421 g/mol. The summed E-state index contributed by atoms with van der Waals surface area (Å²) in [6.45, 7) is 9.10. The fraction of sp³-hybridized carbons (Fsp3) is 0.529. The monoisotopic (exact) mass is 418 g/mol. The van der Waals surface area contributed by atoms with Crippen LogP contribution in [-0.2, 0) is 23.2 Å². The Labute approximate surface area is 156 Å². The Balaban J connectivity index is 0.000000580. The molecule has 0 saturated carbocycles. The first-order chi connectivity index (χ1) is 9.06. The van der Waals surface area contributed by atoms with Gasteiger partial charge in [-0.3, -0.25) is 0 Å². The summed E-state index contributed by atoms with van der Waals surface area (Å²) in [4.78, 5) is 0. The van der Waals surface area contributed by atoms with E-state index in [0.29, 0.717) is 9.52 Å². The predicted molar refractivity (Wildman–Crippen MR) is 84.9 cm³/mol. The molecule has 21 heavy (non-hydrogen) atoms. The van der Waals surface area contributed by atoms with Crippen LogP contribution in [0.2, 0.25) is 12.1 Å². The summed E-state index contributed by atoms with van der Waals surface area (Å²) in [6.07, 6.45) is 8.86. The summed E-state index contributed by atoms with van der Waals surface area (Å²) in [6, 6.07) is 3.28. The van der Waals surface area contributed by atoms with Crippen LogP contribution in [0.15, 0.2) is 41.0 Å². The molecule has 0 N–H and O–H groups in total. The molecule has 0 radical (unpaired) electrons. The van der Waals surface area contributed by atoms with Gasteiger partial charge in [-0.1, -0.05) is 18.5 Å². The first-order valence-corrected chi connectivity index (χ1v) is 12.0. The van der Waals surface area contributed by atoms with Gasteiger partial charge in [0.2, 0.25) is 0 Å². The minimum absolute atomic E-state index is 0. The molecular weight excluding hydrogens is 394 g/mol. The summed E-state index contributed by atoms with van der Waals surface area (Å²) in [7, 11) is 0.605. The molecule has 1 fully saturated rings. The van der Waals surface area contributed by atoms with E-state index in [4.69, 9.17) is 0 Å². The van der Waals surface area contributed by atoms with Gasteiger partial charge in [-0.2, -0.15) is 0 Å². The van der Waals surface area contributed by atoms with Crippen molar-refractivity contribution in [2.45, 2.75) is 59.0 Å². The number of allylic oxidation sites excluding steroid dienone is 8. The second-order valence-electron chi connectivity index (χ2n) is 6.20. The fourth-order valence-electron chi connectivity index (χ4n) is 2.57. The molecule has 3 rings (SSSR count). The molecule has 1 heterocycles. The van der Waals surface area contributed by atoms with Crippen molar-refractivity contribution in [3.05, 3.63) is 41.0 Å². The van der Waals surface area contributed by atoms with Gasteiger partial charge in [0.25, 0.3) is 0 Å². The van der Waals surface area contributed by atoms with Crippen LogP contribution in [-0.4, -0.2) is 9.52 Å². The summed E-state index contributed by atoms with van der Waals surface area (Å²) in [5.74, 6) is 0. The van der Waals surface area contributed by atoms with Gasteiger partial charge >= 0.3 is 105 Å². The third kappa shape index (κ3) is 6.73. The van der Waals surface area contributed by atoms with Crippen LogP contribution in [0.4, 0.5) is 0 Å². The second kappa shape index (κ2) is 10.4. The Morgan fingerprint density at radius 1 is 0.810 bits per heavy atom. The summed E-state index contributed by atoms with van der Waals surface area (Å²) < 4.78 is 3.60.